The summed E-state index contributed by atoms with van der Waals surface area (Å²) in [5.41, 5.74) is 7.72. The molecule has 0 aliphatic carbocycles. The van der Waals surface area contributed by atoms with Gasteiger partial charge in [-0.05, 0) is 51.6 Å². The van der Waals surface area contributed by atoms with E-state index in [2.05, 4.69) is 10.2 Å². The van der Waals surface area contributed by atoms with E-state index in [4.69, 9.17) is 5.73 Å². The number of anilines is 1. The zero-order chi connectivity index (χ0) is 15.4. The topological polar surface area (TPSA) is 61.6 Å². The summed E-state index contributed by atoms with van der Waals surface area (Å²) in [4.78, 5) is 16.5. The number of likely N-dealkylation sites (tertiary alicyclic amines) is 1. The van der Waals surface area contributed by atoms with Gasteiger partial charge in [-0.2, -0.15) is 0 Å². The van der Waals surface area contributed by atoms with Crippen molar-refractivity contribution in [2.24, 2.45) is 5.73 Å². The summed E-state index contributed by atoms with van der Waals surface area (Å²) in [6, 6.07) is 8.05. The van der Waals surface area contributed by atoms with Crippen LogP contribution < -0.4 is 11.1 Å². The highest BCUT2D eigenvalue weighted by Gasteiger charge is 2.28. The molecule has 5 heteroatoms. The number of likely N-dealkylation sites (N-methyl/N-ethyl adjacent to an activating group) is 1. The van der Waals surface area contributed by atoms with Gasteiger partial charge in [0.15, 0.2) is 0 Å². The van der Waals surface area contributed by atoms with E-state index in [0.29, 0.717) is 6.04 Å². The number of hydrogen-bond acceptors (Lipinski definition) is 3. The summed E-state index contributed by atoms with van der Waals surface area (Å²) in [5.74, 6) is 0. The standard InChI is InChI=1S/C16H26N4O/c1-12(17)13-6-8-14(9-7-13)18-16(21)20-10-4-5-15(20)11-19(2)3/h6-9,12,15H,4-5,10-11,17H2,1-3H3,(H,18,21). The number of urea groups is 1. The average molecular weight is 290 g/mol. The summed E-state index contributed by atoms with van der Waals surface area (Å²) >= 11 is 0. The highest BCUT2D eigenvalue weighted by Crippen LogP contribution is 2.20. The summed E-state index contributed by atoms with van der Waals surface area (Å²) in [6.45, 7) is 3.70. The Balaban J connectivity index is 1.97. The maximum atomic E-state index is 12.4. The molecular formula is C16H26N4O. The molecule has 5 nitrogen and oxygen atoms in total. The Morgan fingerprint density at radius 1 is 1.43 bits per heavy atom. The van der Waals surface area contributed by atoms with Crippen LogP contribution in [0.25, 0.3) is 0 Å². The SMILES string of the molecule is CC(N)c1ccc(NC(=O)N2CCCC2CN(C)C)cc1. The first-order chi connectivity index (χ1) is 9.97. The van der Waals surface area contributed by atoms with E-state index >= 15 is 0 Å². The van der Waals surface area contributed by atoms with Gasteiger partial charge in [0.05, 0.1) is 0 Å². The van der Waals surface area contributed by atoms with Crippen LogP contribution in [0, 0.1) is 0 Å². The van der Waals surface area contributed by atoms with Crippen LogP contribution in [0.4, 0.5) is 10.5 Å². The van der Waals surface area contributed by atoms with Crippen molar-refractivity contribution in [2.45, 2.75) is 31.8 Å². The Kier molecular flexibility index (Phi) is 5.20. The Morgan fingerprint density at radius 3 is 2.67 bits per heavy atom. The first-order valence-corrected chi connectivity index (χ1v) is 7.55. The third-order valence-electron chi connectivity index (χ3n) is 3.90. The summed E-state index contributed by atoms with van der Waals surface area (Å²) in [5, 5.41) is 2.98. The van der Waals surface area contributed by atoms with Gasteiger partial charge in [0, 0.05) is 30.9 Å². The van der Waals surface area contributed by atoms with Crippen molar-refractivity contribution in [3.05, 3.63) is 29.8 Å². The summed E-state index contributed by atoms with van der Waals surface area (Å²) in [7, 11) is 4.09. The van der Waals surface area contributed by atoms with Crippen molar-refractivity contribution in [3.63, 3.8) is 0 Å². The van der Waals surface area contributed by atoms with Gasteiger partial charge in [-0.1, -0.05) is 12.1 Å². The molecule has 3 N–H and O–H groups in total. The zero-order valence-corrected chi connectivity index (χ0v) is 13.2. The van der Waals surface area contributed by atoms with E-state index < -0.39 is 0 Å². The first kappa shape index (κ1) is 15.8. The van der Waals surface area contributed by atoms with E-state index in [9.17, 15) is 4.79 Å². The Bertz CT molecular complexity index is 470. The van der Waals surface area contributed by atoms with E-state index in [0.717, 1.165) is 37.2 Å². The van der Waals surface area contributed by atoms with Crippen molar-refractivity contribution in [1.82, 2.24) is 9.80 Å². The van der Waals surface area contributed by atoms with Crippen LogP contribution in [0.2, 0.25) is 0 Å². The number of carbonyl (C=O) groups excluding carboxylic acids is 1. The third-order valence-corrected chi connectivity index (χ3v) is 3.90. The lowest BCUT2D eigenvalue weighted by Gasteiger charge is -2.27. The monoisotopic (exact) mass is 290 g/mol. The smallest absolute Gasteiger partial charge is 0.322 e. The molecule has 2 rings (SSSR count). The van der Waals surface area contributed by atoms with Crippen LogP contribution >= 0.6 is 0 Å². The lowest BCUT2D eigenvalue weighted by atomic mass is 10.1. The van der Waals surface area contributed by atoms with Crippen molar-refractivity contribution >= 4 is 11.7 Å². The first-order valence-electron chi connectivity index (χ1n) is 7.55. The predicted molar refractivity (Wildman–Crippen MR) is 86.3 cm³/mol. The molecular weight excluding hydrogens is 264 g/mol. The number of benzene rings is 1. The van der Waals surface area contributed by atoms with Crippen molar-refractivity contribution in [3.8, 4) is 0 Å². The lowest BCUT2D eigenvalue weighted by molar-refractivity contribution is 0.193. The van der Waals surface area contributed by atoms with Gasteiger partial charge in [0.1, 0.15) is 0 Å². The van der Waals surface area contributed by atoms with Crippen LogP contribution in [0.5, 0.6) is 0 Å². The maximum Gasteiger partial charge on any atom is 0.322 e. The molecule has 1 aliphatic rings. The molecule has 1 aromatic carbocycles. The molecule has 21 heavy (non-hydrogen) atoms. The number of carbonyl (C=O) groups is 1. The second kappa shape index (κ2) is 6.91. The molecule has 0 radical (unpaired) electrons. The molecule has 2 unspecified atom stereocenters. The van der Waals surface area contributed by atoms with E-state index in [-0.39, 0.29) is 12.1 Å². The molecule has 2 amide bonds. The molecule has 1 heterocycles. The Morgan fingerprint density at radius 2 is 2.10 bits per heavy atom. The van der Waals surface area contributed by atoms with Crippen LogP contribution in [-0.2, 0) is 0 Å². The summed E-state index contributed by atoms with van der Waals surface area (Å²) < 4.78 is 0. The molecule has 0 bridgehead atoms. The maximum absolute atomic E-state index is 12.4. The van der Waals surface area contributed by atoms with E-state index in [1.54, 1.807) is 0 Å². The number of nitrogens with zero attached hydrogens (tertiary/aromatic N) is 2. The quantitative estimate of drug-likeness (QED) is 0.894. The van der Waals surface area contributed by atoms with Gasteiger partial charge in [0.25, 0.3) is 0 Å². The Labute approximate surface area is 127 Å². The van der Waals surface area contributed by atoms with E-state index in [1.807, 2.05) is 50.2 Å². The molecule has 0 aromatic heterocycles. The third kappa shape index (κ3) is 4.19. The molecule has 0 saturated carbocycles. The minimum absolute atomic E-state index is 0.00658. The number of rotatable bonds is 4. The van der Waals surface area contributed by atoms with Gasteiger partial charge in [-0.15, -0.1) is 0 Å². The molecule has 1 saturated heterocycles. The largest absolute Gasteiger partial charge is 0.324 e. The van der Waals surface area contributed by atoms with Crippen molar-refractivity contribution in [2.75, 3.05) is 32.5 Å². The second-order valence-electron chi connectivity index (χ2n) is 6.09. The second-order valence-corrected chi connectivity index (χ2v) is 6.09. The number of hydrogen-bond donors (Lipinski definition) is 2. The molecule has 0 spiro atoms. The number of nitrogens with one attached hydrogen (secondary N) is 1. The van der Waals surface area contributed by atoms with Gasteiger partial charge >= 0.3 is 6.03 Å². The summed E-state index contributed by atoms with van der Waals surface area (Å²) in [6.07, 6.45) is 2.16. The van der Waals surface area contributed by atoms with Gasteiger partial charge in [0.2, 0.25) is 0 Å². The number of nitrogens with two attached hydrogens (primary N) is 1. The van der Waals surface area contributed by atoms with Crippen LogP contribution in [-0.4, -0.2) is 49.1 Å². The minimum atomic E-state index is -0.00658. The lowest BCUT2D eigenvalue weighted by Crippen LogP contribution is -2.43. The molecule has 1 fully saturated rings. The Hall–Kier alpha value is -1.59. The van der Waals surface area contributed by atoms with Crippen LogP contribution in [0.1, 0.15) is 31.4 Å². The molecule has 2 atom stereocenters. The highest BCUT2D eigenvalue weighted by molar-refractivity contribution is 5.89. The van der Waals surface area contributed by atoms with Crippen LogP contribution in [0.3, 0.4) is 0 Å². The van der Waals surface area contributed by atoms with Crippen molar-refractivity contribution < 1.29 is 4.79 Å². The fraction of sp³-hybridized carbons (Fsp3) is 0.562. The normalized spacial score (nSPS) is 19.9. The van der Waals surface area contributed by atoms with Gasteiger partial charge in [-0.25, -0.2) is 4.79 Å². The van der Waals surface area contributed by atoms with Gasteiger partial charge in [-0.3, -0.25) is 0 Å². The van der Waals surface area contributed by atoms with Gasteiger partial charge < -0.3 is 20.9 Å². The minimum Gasteiger partial charge on any atom is -0.324 e. The average Bonchev–Trinajstić information content (AvgIpc) is 2.86. The van der Waals surface area contributed by atoms with E-state index in [1.165, 1.54) is 0 Å². The number of amides is 2. The highest BCUT2D eigenvalue weighted by atomic mass is 16.2. The molecule has 116 valence electrons. The zero-order valence-electron chi connectivity index (χ0n) is 13.2. The predicted octanol–water partition coefficient (Wildman–Crippen LogP) is 2.26. The molecule has 1 aromatic rings. The fourth-order valence-electron chi connectivity index (χ4n) is 2.78. The molecule has 1 aliphatic heterocycles. The van der Waals surface area contributed by atoms with Crippen molar-refractivity contribution in [1.29, 1.82) is 0 Å². The fourth-order valence-corrected chi connectivity index (χ4v) is 2.78. The van der Waals surface area contributed by atoms with Crippen LogP contribution in [0.15, 0.2) is 24.3 Å².